The van der Waals surface area contributed by atoms with Gasteiger partial charge in [-0.2, -0.15) is 0 Å². The summed E-state index contributed by atoms with van der Waals surface area (Å²) < 4.78 is 0. The maximum atomic E-state index is 6.11. The van der Waals surface area contributed by atoms with E-state index < -0.39 is 0 Å². The summed E-state index contributed by atoms with van der Waals surface area (Å²) in [5.41, 5.74) is 1.03. The van der Waals surface area contributed by atoms with Crippen LogP contribution in [0.5, 0.6) is 0 Å². The van der Waals surface area contributed by atoms with Crippen LogP contribution in [-0.4, -0.2) is 13.1 Å². The summed E-state index contributed by atoms with van der Waals surface area (Å²) >= 11 is 12.2. The van der Waals surface area contributed by atoms with Crippen molar-refractivity contribution >= 4 is 23.2 Å². The van der Waals surface area contributed by atoms with Gasteiger partial charge in [-0.25, -0.2) is 0 Å². The van der Waals surface area contributed by atoms with Crippen molar-refractivity contribution in [3.63, 3.8) is 0 Å². The van der Waals surface area contributed by atoms with Crippen molar-refractivity contribution in [2.75, 3.05) is 7.05 Å². The minimum Gasteiger partial charge on any atom is -0.317 e. The molecular weight excluding hydrogens is 217 g/mol. The van der Waals surface area contributed by atoms with Crippen molar-refractivity contribution in [3.05, 3.63) is 33.8 Å². The standard InChI is InChI=1S/C11H15Cl2N/c1-7(8(2)14-3)11-9(12)5-4-6-10(11)13/h4-8,14H,1-3H3. The normalized spacial score (nSPS) is 15.2. The molecule has 0 aliphatic heterocycles. The Hall–Kier alpha value is -0.240. The Labute approximate surface area is 95.4 Å². The van der Waals surface area contributed by atoms with Gasteiger partial charge in [-0.3, -0.25) is 0 Å². The molecule has 78 valence electrons. The number of rotatable bonds is 3. The van der Waals surface area contributed by atoms with Gasteiger partial charge in [-0.1, -0.05) is 36.2 Å². The first-order chi connectivity index (χ1) is 6.57. The molecule has 2 atom stereocenters. The maximum absolute atomic E-state index is 6.11. The summed E-state index contributed by atoms with van der Waals surface area (Å²) in [6.45, 7) is 4.23. The molecule has 0 aliphatic rings. The highest BCUT2D eigenvalue weighted by Gasteiger charge is 2.17. The predicted molar refractivity (Wildman–Crippen MR) is 63.4 cm³/mol. The fourth-order valence-electron chi connectivity index (χ4n) is 1.45. The van der Waals surface area contributed by atoms with E-state index in [1.807, 2.05) is 25.2 Å². The van der Waals surface area contributed by atoms with Crippen molar-refractivity contribution < 1.29 is 0 Å². The zero-order chi connectivity index (χ0) is 10.7. The zero-order valence-electron chi connectivity index (χ0n) is 8.64. The molecule has 0 aliphatic carbocycles. The summed E-state index contributed by atoms with van der Waals surface area (Å²) in [5, 5.41) is 4.69. The van der Waals surface area contributed by atoms with Crippen LogP contribution in [-0.2, 0) is 0 Å². The molecule has 1 rings (SSSR count). The molecule has 0 amide bonds. The van der Waals surface area contributed by atoms with Gasteiger partial charge < -0.3 is 5.32 Å². The number of likely N-dealkylation sites (N-methyl/N-ethyl adjacent to an activating group) is 1. The lowest BCUT2D eigenvalue weighted by Gasteiger charge is -2.21. The van der Waals surface area contributed by atoms with Crippen LogP contribution < -0.4 is 5.32 Å². The summed E-state index contributed by atoms with van der Waals surface area (Å²) in [6, 6.07) is 5.97. The Bertz CT molecular complexity index is 292. The lowest BCUT2D eigenvalue weighted by molar-refractivity contribution is 0.524. The monoisotopic (exact) mass is 231 g/mol. The fraction of sp³-hybridized carbons (Fsp3) is 0.455. The van der Waals surface area contributed by atoms with Gasteiger partial charge in [-0.15, -0.1) is 0 Å². The quantitative estimate of drug-likeness (QED) is 0.837. The molecule has 3 heteroatoms. The van der Waals surface area contributed by atoms with Crippen molar-refractivity contribution in [2.45, 2.75) is 25.8 Å². The topological polar surface area (TPSA) is 12.0 Å². The molecule has 1 N–H and O–H groups in total. The minimum absolute atomic E-state index is 0.307. The molecule has 0 saturated carbocycles. The number of nitrogens with one attached hydrogen (secondary N) is 1. The second-order valence-electron chi connectivity index (χ2n) is 3.50. The molecule has 1 nitrogen and oxygen atoms in total. The molecule has 14 heavy (non-hydrogen) atoms. The van der Waals surface area contributed by atoms with E-state index in [-0.39, 0.29) is 0 Å². The molecule has 1 aromatic rings. The average Bonchev–Trinajstić information content (AvgIpc) is 2.16. The Kier molecular flexibility index (Phi) is 4.24. The first kappa shape index (κ1) is 11.8. The third kappa shape index (κ3) is 2.41. The lowest BCUT2D eigenvalue weighted by Crippen LogP contribution is -2.27. The van der Waals surface area contributed by atoms with E-state index >= 15 is 0 Å². The van der Waals surface area contributed by atoms with E-state index in [1.165, 1.54) is 0 Å². The van der Waals surface area contributed by atoms with Gasteiger partial charge in [0.1, 0.15) is 0 Å². The van der Waals surface area contributed by atoms with E-state index in [0.717, 1.165) is 15.6 Å². The van der Waals surface area contributed by atoms with Crippen LogP contribution in [0.25, 0.3) is 0 Å². The van der Waals surface area contributed by atoms with E-state index in [2.05, 4.69) is 19.2 Å². The Morgan fingerprint density at radius 2 is 1.64 bits per heavy atom. The number of benzene rings is 1. The minimum atomic E-state index is 0.307. The molecule has 0 radical (unpaired) electrons. The van der Waals surface area contributed by atoms with Gasteiger partial charge in [0.25, 0.3) is 0 Å². The molecule has 0 aromatic heterocycles. The average molecular weight is 232 g/mol. The first-order valence-electron chi connectivity index (χ1n) is 4.69. The van der Waals surface area contributed by atoms with Gasteiger partial charge in [-0.05, 0) is 37.6 Å². The maximum Gasteiger partial charge on any atom is 0.0456 e. The van der Waals surface area contributed by atoms with Crippen LogP contribution in [0.3, 0.4) is 0 Å². The van der Waals surface area contributed by atoms with Gasteiger partial charge in [0.15, 0.2) is 0 Å². The molecule has 0 saturated heterocycles. The Balaban J connectivity index is 3.05. The zero-order valence-corrected chi connectivity index (χ0v) is 10.2. The van der Waals surface area contributed by atoms with Crippen molar-refractivity contribution in [1.82, 2.24) is 5.32 Å². The predicted octanol–water partition coefficient (Wildman–Crippen LogP) is 3.70. The van der Waals surface area contributed by atoms with Crippen LogP contribution >= 0.6 is 23.2 Å². The number of hydrogen-bond acceptors (Lipinski definition) is 1. The molecule has 2 unspecified atom stereocenters. The highest BCUT2D eigenvalue weighted by Crippen LogP contribution is 2.32. The van der Waals surface area contributed by atoms with Gasteiger partial charge in [0, 0.05) is 16.1 Å². The fourth-order valence-corrected chi connectivity index (χ4v) is 2.19. The largest absolute Gasteiger partial charge is 0.317 e. The molecule has 0 heterocycles. The number of halogens is 2. The third-order valence-corrected chi connectivity index (χ3v) is 3.32. The highest BCUT2D eigenvalue weighted by atomic mass is 35.5. The SMILES string of the molecule is CNC(C)C(C)c1c(Cl)cccc1Cl. The molecule has 0 bridgehead atoms. The molecule has 0 fully saturated rings. The summed E-state index contributed by atoms with van der Waals surface area (Å²) in [6.07, 6.45) is 0. The Morgan fingerprint density at radius 1 is 1.14 bits per heavy atom. The van der Waals surface area contributed by atoms with E-state index in [0.29, 0.717) is 12.0 Å². The second-order valence-corrected chi connectivity index (χ2v) is 4.32. The van der Waals surface area contributed by atoms with E-state index in [9.17, 15) is 0 Å². The third-order valence-electron chi connectivity index (χ3n) is 2.66. The van der Waals surface area contributed by atoms with Crippen LogP contribution in [0, 0.1) is 0 Å². The molecule has 0 spiro atoms. The second kappa shape index (κ2) is 5.01. The Morgan fingerprint density at radius 3 is 2.07 bits per heavy atom. The van der Waals surface area contributed by atoms with Crippen molar-refractivity contribution in [2.24, 2.45) is 0 Å². The van der Waals surface area contributed by atoms with E-state index in [4.69, 9.17) is 23.2 Å². The summed E-state index contributed by atoms with van der Waals surface area (Å²) in [4.78, 5) is 0. The van der Waals surface area contributed by atoms with Crippen molar-refractivity contribution in [3.8, 4) is 0 Å². The number of hydrogen-bond donors (Lipinski definition) is 1. The smallest absolute Gasteiger partial charge is 0.0456 e. The van der Waals surface area contributed by atoms with Crippen LogP contribution in [0.1, 0.15) is 25.3 Å². The summed E-state index contributed by atoms with van der Waals surface area (Å²) in [7, 11) is 1.94. The van der Waals surface area contributed by atoms with Gasteiger partial charge in [0.2, 0.25) is 0 Å². The molecular formula is C11H15Cl2N. The van der Waals surface area contributed by atoms with Crippen molar-refractivity contribution in [1.29, 1.82) is 0 Å². The van der Waals surface area contributed by atoms with E-state index in [1.54, 1.807) is 0 Å². The van der Waals surface area contributed by atoms with Crippen LogP contribution in [0.2, 0.25) is 10.0 Å². The molecule has 1 aromatic carbocycles. The van der Waals surface area contributed by atoms with Gasteiger partial charge >= 0.3 is 0 Å². The summed E-state index contributed by atoms with van der Waals surface area (Å²) in [5.74, 6) is 0.307. The first-order valence-corrected chi connectivity index (χ1v) is 5.44. The van der Waals surface area contributed by atoms with Crippen LogP contribution in [0.4, 0.5) is 0 Å². The highest BCUT2D eigenvalue weighted by molar-refractivity contribution is 6.36. The lowest BCUT2D eigenvalue weighted by atomic mass is 9.94. The van der Waals surface area contributed by atoms with Gasteiger partial charge in [0.05, 0.1) is 0 Å². The van der Waals surface area contributed by atoms with Crippen LogP contribution in [0.15, 0.2) is 18.2 Å².